The highest BCUT2D eigenvalue weighted by Crippen LogP contribution is 2.18. The lowest BCUT2D eigenvalue weighted by atomic mass is 10.1. The van der Waals surface area contributed by atoms with Gasteiger partial charge in [-0.2, -0.15) is 5.10 Å². The molecule has 2 aromatic heterocycles. The van der Waals surface area contributed by atoms with Crippen molar-refractivity contribution in [3.63, 3.8) is 0 Å². The second-order valence-corrected chi connectivity index (χ2v) is 7.14. The fourth-order valence-electron chi connectivity index (χ4n) is 3.39. The van der Waals surface area contributed by atoms with Gasteiger partial charge in [0.2, 0.25) is 0 Å². The zero-order valence-corrected chi connectivity index (χ0v) is 16.8. The van der Waals surface area contributed by atoms with Crippen LogP contribution in [0.25, 0.3) is 0 Å². The minimum Gasteiger partial charge on any atom is -0.378 e. The summed E-state index contributed by atoms with van der Waals surface area (Å²) in [6.07, 6.45) is 5.49. The van der Waals surface area contributed by atoms with Crippen molar-refractivity contribution in [1.82, 2.24) is 25.4 Å². The monoisotopic (exact) mass is 406 g/mol. The lowest BCUT2D eigenvalue weighted by Gasteiger charge is -2.29. The van der Waals surface area contributed by atoms with Gasteiger partial charge in [0.15, 0.2) is 0 Å². The molecular formula is C22H26N6O2. The van der Waals surface area contributed by atoms with Crippen molar-refractivity contribution in [2.75, 3.05) is 31.2 Å². The number of nitrogens with zero attached hydrogens (tertiary/aromatic N) is 4. The number of carbonyl (C=O) groups excluding carboxylic acids is 1. The van der Waals surface area contributed by atoms with Crippen molar-refractivity contribution < 1.29 is 9.53 Å². The Morgan fingerprint density at radius 3 is 2.50 bits per heavy atom. The second-order valence-electron chi connectivity index (χ2n) is 7.14. The second kappa shape index (κ2) is 9.89. The van der Waals surface area contributed by atoms with E-state index < -0.39 is 0 Å². The molecule has 0 saturated carbocycles. The third kappa shape index (κ3) is 5.36. The first-order chi connectivity index (χ1) is 14.8. The fourth-order valence-corrected chi connectivity index (χ4v) is 3.39. The molecule has 1 aliphatic heterocycles. The molecule has 8 nitrogen and oxygen atoms in total. The Kier molecular flexibility index (Phi) is 6.56. The van der Waals surface area contributed by atoms with Crippen LogP contribution in [0.2, 0.25) is 0 Å². The molecule has 0 radical (unpaired) electrons. The Bertz CT molecular complexity index is 937. The molecule has 1 saturated heterocycles. The molecule has 2 N–H and O–H groups in total. The number of anilines is 1. The number of aromatic nitrogens is 3. The Labute approximate surface area is 175 Å². The standard InChI is InChI=1S/C22H26N6O2/c29-22(24-15-18-4-6-19(7-5-18)17-28-10-2-9-26-28)25-16-20-3-1-8-23-21(20)27-11-13-30-14-12-27/h1-10H,11-17H2,(H2,24,25,29). The maximum absolute atomic E-state index is 12.3. The molecule has 4 rings (SSSR count). The van der Waals surface area contributed by atoms with Gasteiger partial charge in [0.05, 0.1) is 19.8 Å². The van der Waals surface area contributed by atoms with Crippen LogP contribution in [-0.2, 0) is 24.4 Å². The van der Waals surface area contributed by atoms with Crippen molar-refractivity contribution in [2.45, 2.75) is 19.6 Å². The highest BCUT2D eigenvalue weighted by molar-refractivity contribution is 5.74. The molecule has 1 aliphatic rings. The van der Waals surface area contributed by atoms with E-state index in [4.69, 9.17) is 4.74 Å². The predicted molar refractivity (Wildman–Crippen MR) is 114 cm³/mol. The first-order valence-electron chi connectivity index (χ1n) is 10.1. The Morgan fingerprint density at radius 2 is 1.73 bits per heavy atom. The predicted octanol–water partition coefficient (Wildman–Crippen LogP) is 2.16. The van der Waals surface area contributed by atoms with E-state index in [1.54, 1.807) is 12.4 Å². The summed E-state index contributed by atoms with van der Waals surface area (Å²) in [6, 6.07) is 13.8. The van der Waals surface area contributed by atoms with Gasteiger partial charge in [0.1, 0.15) is 5.82 Å². The van der Waals surface area contributed by atoms with Crippen LogP contribution in [0.3, 0.4) is 0 Å². The van der Waals surface area contributed by atoms with E-state index in [-0.39, 0.29) is 6.03 Å². The summed E-state index contributed by atoms with van der Waals surface area (Å²) >= 11 is 0. The van der Waals surface area contributed by atoms with Gasteiger partial charge in [-0.25, -0.2) is 9.78 Å². The molecule has 0 unspecified atom stereocenters. The van der Waals surface area contributed by atoms with E-state index in [9.17, 15) is 4.79 Å². The average molecular weight is 406 g/mol. The number of amides is 2. The van der Waals surface area contributed by atoms with Crippen LogP contribution in [0, 0.1) is 0 Å². The number of nitrogens with one attached hydrogen (secondary N) is 2. The summed E-state index contributed by atoms with van der Waals surface area (Å²) < 4.78 is 7.29. The largest absolute Gasteiger partial charge is 0.378 e. The van der Waals surface area contributed by atoms with Crippen LogP contribution in [0.15, 0.2) is 61.1 Å². The molecule has 0 atom stereocenters. The molecule has 3 heterocycles. The highest BCUT2D eigenvalue weighted by atomic mass is 16.5. The fraction of sp³-hybridized carbons (Fsp3) is 0.318. The minimum atomic E-state index is -0.201. The summed E-state index contributed by atoms with van der Waals surface area (Å²) in [7, 11) is 0. The molecule has 1 fully saturated rings. The lowest BCUT2D eigenvalue weighted by molar-refractivity contribution is 0.122. The molecule has 156 valence electrons. The molecule has 1 aromatic carbocycles. The molecule has 0 bridgehead atoms. The van der Waals surface area contributed by atoms with E-state index in [1.807, 2.05) is 41.2 Å². The molecular weight excluding hydrogens is 380 g/mol. The van der Waals surface area contributed by atoms with Crippen LogP contribution in [-0.4, -0.2) is 47.1 Å². The smallest absolute Gasteiger partial charge is 0.315 e. The first kappa shape index (κ1) is 19.9. The Balaban J connectivity index is 1.25. The number of carbonyl (C=O) groups is 1. The van der Waals surface area contributed by atoms with Gasteiger partial charge in [-0.05, 0) is 23.3 Å². The van der Waals surface area contributed by atoms with Crippen molar-refractivity contribution in [2.24, 2.45) is 0 Å². The maximum Gasteiger partial charge on any atom is 0.315 e. The van der Waals surface area contributed by atoms with Crippen LogP contribution >= 0.6 is 0 Å². The number of urea groups is 1. The third-order valence-corrected chi connectivity index (χ3v) is 5.00. The topological polar surface area (TPSA) is 84.3 Å². The Morgan fingerprint density at radius 1 is 0.967 bits per heavy atom. The van der Waals surface area contributed by atoms with Crippen molar-refractivity contribution in [1.29, 1.82) is 0 Å². The minimum absolute atomic E-state index is 0.201. The first-order valence-corrected chi connectivity index (χ1v) is 10.1. The summed E-state index contributed by atoms with van der Waals surface area (Å²) in [5.74, 6) is 0.911. The molecule has 2 amide bonds. The normalized spacial score (nSPS) is 13.8. The summed E-state index contributed by atoms with van der Waals surface area (Å²) in [4.78, 5) is 19.0. The van der Waals surface area contributed by atoms with Gasteiger partial charge in [0, 0.05) is 50.3 Å². The van der Waals surface area contributed by atoms with Crippen molar-refractivity contribution in [3.05, 3.63) is 77.7 Å². The molecule has 0 aliphatic carbocycles. The van der Waals surface area contributed by atoms with Gasteiger partial charge >= 0.3 is 6.03 Å². The highest BCUT2D eigenvalue weighted by Gasteiger charge is 2.16. The molecule has 30 heavy (non-hydrogen) atoms. The third-order valence-electron chi connectivity index (χ3n) is 5.00. The summed E-state index contributed by atoms with van der Waals surface area (Å²) in [5, 5.41) is 10.1. The van der Waals surface area contributed by atoms with E-state index in [1.165, 1.54) is 5.56 Å². The van der Waals surface area contributed by atoms with Crippen LogP contribution in [0.4, 0.5) is 10.6 Å². The molecule has 8 heteroatoms. The van der Waals surface area contributed by atoms with Gasteiger partial charge in [0.25, 0.3) is 0 Å². The summed E-state index contributed by atoms with van der Waals surface area (Å²) in [6.45, 7) is 4.65. The number of rotatable bonds is 7. The zero-order valence-electron chi connectivity index (χ0n) is 16.8. The van der Waals surface area contributed by atoms with E-state index in [0.717, 1.165) is 36.6 Å². The van der Waals surface area contributed by atoms with Crippen LogP contribution in [0.5, 0.6) is 0 Å². The van der Waals surface area contributed by atoms with Crippen LogP contribution < -0.4 is 15.5 Å². The SMILES string of the molecule is O=C(NCc1ccc(Cn2cccn2)cc1)NCc1cccnc1N1CCOCC1. The number of pyridine rings is 1. The zero-order chi connectivity index (χ0) is 20.6. The number of ether oxygens (including phenoxy) is 1. The maximum atomic E-state index is 12.3. The van der Waals surface area contributed by atoms with Crippen molar-refractivity contribution in [3.8, 4) is 0 Å². The van der Waals surface area contributed by atoms with Gasteiger partial charge in [-0.15, -0.1) is 0 Å². The van der Waals surface area contributed by atoms with Gasteiger partial charge < -0.3 is 20.3 Å². The van der Waals surface area contributed by atoms with Gasteiger partial charge in [-0.3, -0.25) is 4.68 Å². The molecule has 3 aromatic rings. The van der Waals surface area contributed by atoms with Gasteiger partial charge in [-0.1, -0.05) is 30.3 Å². The van der Waals surface area contributed by atoms with Crippen molar-refractivity contribution >= 4 is 11.8 Å². The van der Waals surface area contributed by atoms with E-state index in [2.05, 4.69) is 37.7 Å². The van der Waals surface area contributed by atoms with E-state index in [0.29, 0.717) is 26.3 Å². The Hall–Kier alpha value is -3.39. The molecule has 0 spiro atoms. The van der Waals surface area contributed by atoms with E-state index >= 15 is 0 Å². The van der Waals surface area contributed by atoms with Crippen LogP contribution in [0.1, 0.15) is 16.7 Å². The number of hydrogen-bond donors (Lipinski definition) is 2. The number of hydrogen-bond acceptors (Lipinski definition) is 5. The lowest BCUT2D eigenvalue weighted by Crippen LogP contribution is -2.38. The quantitative estimate of drug-likeness (QED) is 0.628. The average Bonchev–Trinajstić information content (AvgIpc) is 3.31. The number of morpholine rings is 1. The number of benzene rings is 1. The summed E-state index contributed by atoms with van der Waals surface area (Å²) in [5.41, 5.74) is 3.21.